The SMILES string of the molecule is CCCC[CH][GeH3]. The molecular formula is C5H13Ge. The summed E-state index contributed by atoms with van der Waals surface area (Å²) in [5, 5.41) is 2.40. The van der Waals surface area contributed by atoms with Crippen molar-refractivity contribution in [3.8, 4) is 0 Å². The van der Waals surface area contributed by atoms with Crippen molar-refractivity contribution >= 4 is 16.5 Å². The molecule has 0 fully saturated rings. The van der Waals surface area contributed by atoms with Gasteiger partial charge in [-0.3, -0.25) is 0 Å². The Morgan fingerprint density at radius 3 is 2.50 bits per heavy atom. The Balaban J connectivity index is 2.34. The van der Waals surface area contributed by atoms with Crippen LogP contribution in [0.2, 0.25) is 0 Å². The molecule has 0 unspecified atom stereocenters. The summed E-state index contributed by atoms with van der Waals surface area (Å²) in [6.07, 6.45) is 4.13. The molecule has 0 heterocycles. The summed E-state index contributed by atoms with van der Waals surface area (Å²) < 4.78 is 0. The van der Waals surface area contributed by atoms with Gasteiger partial charge < -0.3 is 0 Å². The van der Waals surface area contributed by atoms with E-state index in [2.05, 4.69) is 12.2 Å². The molecule has 0 aromatic carbocycles. The molecule has 0 aliphatic carbocycles. The standard InChI is InChI=1S/C5H13Ge/c1-2-3-4-5-6/h5H,2-4H2,1,6H3. The third-order valence-corrected chi connectivity index (χ3v) is 2.06. The second-order valence-electron chi connectivity index (χ2n) is 1.55. The van der Waals surface area contributed by atoms with E-state index < -0.39 is 0 Å². The zero-order valence-corrected chi connectivity index (χ0v) is 8.89. The van der Waals surface area contributed by atoms with Gasteiger partial charge in [0, 0.05) is 0 Å². The molecule has 0 aromatic rings. The Morgan fingerprint density at radius 2 is 2.33 bits per heavy atom. The van der Waals surface area contributed by atoms with E-state index in [0.717, 1.165) is 16.5 Å². The second-order valence-corrected chi connectivity index (χ2v) is 3.26. The Bertz CT molecular complexity index is 15.9. The molecule has 0 bridgehead atoms. The Labute approximate surface area is 48.5 Å². The van der Waals surface area contributed by atoms with Crippen LogP contribution in [0.1, 0.15) is 26.2 Å². The fraction of sp³-hybridized carbons (Fsp3) is 0.800. The summed E-state index contributed by atoms with van der Waals surface area (Å²) in [6.45, 7) is 2.23. The quantitative estimate of drug-likeness (QED) is 0.406. The molecule has 0 aliphatic rings. The van der Waals surface area contributed by atoms with Gasteiger partial charge >= 0.3 is 48.0 Å². The van der Waals surface area contributed by atoms with Crippen molar-refractivity contribution in [2.24, 2.45) is 0 Å². The molecule has 0 N–H and O–H groups in total. The van der Waals surface area contributed by atoms with Gasteiger partial charge in [0.1, 0.15) is 0 Å². The van der Waals surface area contributed by atoms with E-state index >= 15 is 0 Å². The Kier molecular flexibility index (Phi) is 6.04. The van der Waals surface area contributed by atoms with E-state index in [4.69, 9.17) is 0 Å². The average molecular weight is 146 g/mol. The normalized spacial score (nSPS) is 9.50. The molecule has 0 spiro atoms. The Morgan fingerprint density at radius 1 is 1.67 bits per heavy atom. The van der Waals surface area contributed by atoms with E-state index in [-0.39, 0.29) is 0 Å². The van der Waals surface area contributed by atoms with Crippen LogP contribution in [0.4, 0.5) is 0 Å². The van der Waals surface area contributed by atoms with Gasteiger partial charge in [-0.1, -0.05) is 0 Å². The monoisotopic (exact) mass is 147 g/mol. The number of hydrogen-bond acceptors (Lipinski definition) is 0. The molecule has 0 aromatic heterocycles. The van der Waals surface area contributed by atoms with Crippen LogP contribution in [0.25, 0.3) is 0 Å². The zero-order valence-electron chi connectivity index (χ0n) is 4.70. The van der Waals surface area contributed by atoms with Gasteiger partial charge in [-0.15, -0.1) is 0 Å². The van der Waals surface area contributed by atoms with Crippen molar-refractivity contribution in [2.45, 2.75) is 26.2 Å². The topological polar surface area (TPSA) is 0 Å². The maximum atomic E-state index is 2.40. The first-order valence-electron chi connectivity index (χ1n) is 2.69. The molecule has 0 nitrogen and oxygen atoms in total. The first kappa shape index (κ1) is 6.54. The Hall–Kier alpha value is 0.543. The van der Waals surface area contributed by atoms with E-state index in [1.165, 1.54) is 19.3 Å². The first-order valence-corrected chi connectivity index (χ1v) is 5.12. The molecule has 0 amide bonds. The number of hydrogen-bond donors (Lipinski definition) is 0. The van der Waals surface area contributed by atoms with Crippen LogP contribution < -0.4 is 0 Å². The predicted molar refractivity (Wildman–Crippen MR) is 33.8 cm³/mol. The summed E-state index contributed by atoms with van der Waals surface area (Å²) in [5.41, 5.74) is 0. The van der Waals surface area contributed by atoms with E-state index in [9.17, 15) is 0 Å². The van der Waals surface area contributed by atoms with Crippen molar-refractivity contribution in [2.75, 3.05) is 0 Å². The van der Waals surface area contributed by atoms with Gasteiger partial charge in [0.15, 0.2) is 0 Å². The molecular weight excluding hydrogens is 133 g/mol. The van der Waals surface area contributed by atoms with Crippen LogP contribution in [0.15, 0.2) is 0 Å². The molecule has 37 valence electrons. The third kappa shape index (κ3) is 4.54. The van der Waals surface area contributed by atoms with Crippen LogP contribution in [-0.4, -0.2) is 16.5 Å². The maximum absolute atomic E-state index is 2.40. The molecule has 0 rings (SSSR count). The first-order chi connectivity index (χ1) is 2.91. The molecule has 0 saturated carbocycles. The molecule has 6 heavy (non-hydrogen) atoms. The third-order valence-electron chi connectivity index (χ3n) is 0.846. The van der Waals surface area contributed by atoms with Crippen molar-refractivity contribution in [1.82, 2.24) is 0 Å². The number of unbranched alkanes of at least 4 members (excludes halogenated alkanes) is 2. The number of rotatable bonds is 3. The van der Waals surface area contributed by atoms with E-state index in [1.807, 2.05) is 0 Å². The van der Waals surface area contributed by atoms with E-state index in [1.54, 1.807) is 0 Å². The van der Waals surface area contributed by atoms with E-state index in [0.29, 0.717) is 0 Å². The van der Waals surface area contributed by atoms with Gasteiger partial charge in [0.05, 0.1) is 0 Å². The zero-order chi connectivity index (χ0) is 4.83. The summed E-state index contributed by atoms with van der Waals surface area (Å²) in [5.74, 6) is 0. The second kappa shape index (κ2) is 5.54. The van der Waals surface area contributed by atoms with Gasteiger partial charge in [0.2, 0.25) is 0 Å². The fourth-order valence-corrected chi connectivity index (χ4v) is 1.26. The van der Waals surface area contributed by atoms with Gasteiger partial charge in [0.25, 0.3) is 0 Å². The van der Waals surface area contributed by atoms with Gasteiger partial charge in [-0.2, -0.15) is 0 Å². The van der Waals surface area contributed by atoms with Crippen molar-refractivity contribution in [3.63, 3.8) is 0 Å². The van der Waals surface area contributed by atoms with Gasteiger partial charge in [-0.25, -0.2) is 0 Å². The summed E-state index contributed by atoms with van der Waals surface area (Å²) >= 11 is 0.988. The fourth-order valence-electron chi connectivity index (χ4n) is 0.408. The van der Waals surface area contributed by atoms with Crippen LogP contribution >= 0.6 is 0 Å². The van der Waals surface area contributed by atoms with Crippen LogP contribution in [-0.2, 0) is 0 Å². The van der Waals surface area contributed by atoms with Crippen LogP contribution in [0, 0.1) is 5.25 Å². The van der Waals surface area contributed by atoms with Crippen LogP contribution in [0.5, 0.6) is 0 Å². The average Bonchev–Trinajstić information content (AvgIpc) is 1.61. The predicted octanol–water partition coefficient (Wildman–Crippen LogP) is 0.704. The van der Waals surface area contributed by atoms with Crippen molar-refractivity contribution < 1.29 is 0 Å². The molecule has 1 radical (unpaired) electrons. The van der Waals surface area contributed by atoms with Gasteiger partial charge in [-0.05, 0) is 0 Å². The molecule has 1 heteroatoms. The molecule has 0 atom stereocenters. The van der Waals surface area contributed by atoms with Crippen molar-refractivity contribution in [3.05, 3.63) is 5.25 Å². The summed E-state index contributed by atoms with van der Waals surface area (Å²) in [7, 11) is 0. The van der Waals surface area contributed by atoms with Crippen LogP contribution in [0.3, 0.4) is 0 Å². The minimum atomic E-state index is 0.988. The van der Waals surface area contributed by atoms with Crippen molar-refractivity contribution in [1.29, 1.82) is 0 Å². The minimum absolute atomic E-state index is 0.988. The molecule has 0 saturated heterocycles. The molecule has 0 aliphatic heterocycles. The summed E-state index contributed by atoms with van der Waals surface area (Å²) in [6, 6.07) is 0. The summed E-state index contributed by atoms with van der Waals surface area (Å²) in [4.78, 5) is 0.